The maximum atomic E-state index is 8.87. The molecule has 4 heteroatoms. The van der Waals surface area contributed by atoms with Gasteiger partial charge >= 0.3 is 0 Å². The Labute approximate surface area is 72.0 Å². The fourth-order valence-electron chi connectivity index (χ4n) is 0.779. The van der Waals surface area contributed by atoms with Crippen LogP contribution in [-0.2, 0) is 0 Å². The first-order valence-corrected chi connectivity index (χ1v) is 4.90. The first-order chi connectivity index (χ1) is 5.26. The fraction of sp³-hybridized carbons (Fsp3) is 1.00. The van der Waals surface area contributed by atoms with Crippen LogP contribution in [0.1, 0.15) is 13.3 Å². The van der Waals surface area contributed by atoms with Crippen LogP contribution in [-0.4, -0.2) is 40.5 Å². The molecule has 0 aromatic heterocycles. The van der Waals surface area contributed by atoms with E-state index in [2.05, 4.69) is 0 Å². The number of nitrogens with two attached hydrogens (primary N) is 1. The molecule has 68 valence electrons. The van der Waals surface area contributed by atoms with E-state index in [0.29, 0.717) is 5.75 Å². The third-order valence-corrected chi connectivity index (χ3v) is 2.90. The van der Waals surface area contributed by atoms with Gasteiger partial charge in [0.15, 0.2) is 0 Å². The van der Waals surface area contributed by atoms with Gasteiger partial charge in [0.1, 0.15) is 0 Å². The van der Waals surface area contributed by atoms with Crippen LogP contribution in [0.3, 0.4) is 0 Å². The third kappa shape index (κ3) is 4.63. The molecule has 0 aromatic carbocycles. The monoisotopic (exact) mass is 179 g/mol. The minimum absolute atomic E-state index is 0.0385. The van der Waals surface area contributed by atoms with E-state index in [-0.39, 0.29) is 24.5 Å². The summed E-state index contributed by atoms with van der Waals surface area (Å²) in [4.78, 5) is 0. The molecule has 0 aliphatic heterocycles. The Hall–Kier alpha value is 0.230. The van der Waals surface area contributed by atoms with Crippen molar-refractivity contribution in [3.8, 4) is 0 Å². The molecule has 0 saturated carbocycles. The molecule has 3 nitrogen and oxygen atoms in total. The molecule has 0 rings (SSSR count). The number of thioether (sulfide) groups is 1. The van der Waals surface area contributed by atoms with Crippen LogP contribution in [0.25, 0.3) is 0 Å². The summed E-state index contributed by atoms with van der Waals surface area (Å²) in [5, 5.41) is 17.5. The Morgan fingerprint density at radius 1 is 1.45 bits per heavy atom. The Balaban J connectivity index is 3.56. The summed E-state index contributed by atoms with van der Waals surface area (Å²) < 4.78 is 0. The van der Waals surface area contributed by atoms with Gasteiger partial charge < -0.3 is 15.9 Å². The summed E-state index contributed by atoms with van der Waals surface area (Å²) in [6, 6.07) is 0.0385. The van der Waals surface area contributed by atoms with Crippen LogP contribution in [0.2, 0.25) is 0 Å². The van der Waals surface area contributed by atoms with Crippen molar-refractivity contribution in [2.24, 2.45) is 5.73 Å². The fourth-order valence-corrected chi connectivity index (χ4v) is 1.73. The molecule has 0 radical (unpaired) electrons. The number of rotatable bonds is 6. The van der Waals surface area contributed by atoms with E-state index in [9.17, 15) is 0 Å². The summed E-state index contributed by atoms with van der Waals surface area (Å²) in [5.74, 6) is 0.652. The second-order valence-corrected chi connectivity index (χ2v) is 3.73. The SMILES string of the molecule is CCC(N)C(CO)SCCO. The van der Waals surface area contributed by atoms with E-state index < -0.39 is 0 Å². The molecule has 11 heavy (non-hydrogen) atoms. The predicted molar refractivity (Wildman–Crippen MR) is 48.7 cm³/mol. The van der Waals surface area contributed by atoms with Crippen molar-refractivity contribution in [2.75, 3.05) is 19.0 Å². The first kappa shape index (κ1) is 11.2. The van der Waals surface area contributed by atoms with E-state index in [1.807, 2.05) is 6.92 Å². The highest BCUT2D eigenvalue weighted by molar-refractivity contribution is 8.00. The topological polar surface area (TPSA) is 66.5 Å². The average Bonchev–Trinajstić information content (AvgIpc) is 2.05. The number of hydrogen-bond acceptors (Lipinski definition) is 4. The van der Waals surface area contributed by atoms with Crippen LogP contribution in [0.5, 0.6) is 0 Å². The van der Waals surface area contributed by atoms with Crippen molar-refractivity contribution >= 4 is 11.8 Å². The van der Waals surface area contributed by atoms with Gasteiger partial charge in [-0.2, -0.15) is 11.8 Å². The first-order valence-electron chi connectivity index (χ1n) is 3.85. The number of aliphatic hydroxyl groups is 2. The molecule has 0 spiro atoms. The molecule has 2 unspecified atom stereocenters. The normalized spacial score (nSPS) is 16.4. The second kappa shape index (κ2) is 6.91. The Kier molecular flexibility index (Phi) is 7.06. The highest BCUT2D eigenvalue weighted by atomic mass is 32.2. The zero-order chi connectivity index (χ0) is 8.69. The quantitative estimate of drug-likeness (QED) is 0.529. The van der Waals surface area contributed by atoms with Crippen LogP contribution in [0, 0.1) is 0 Å². The molecule has 2 atom stereocenters. The van der Waals surface area contributed by atoms with Gasteiger partial charge in [-0.25, -0.2) is 0 Å². The van der Waals surface area contributed by atoms with Crippen LogP contribution in [0.15, 0.2) is 0 Å². The summed E-state index contributed by atoms with van der Waals surface area (Å²) >= 11 is 1.53. The van der Waals surface area contributed by atoms with Gasteiger partial charge in [-0.1, -0.05) is 6.92 Å². The highest BCUT2D eigenvalue weighted by Gasteiger charge is 2.14. The molecule has 0 aliphatic carbocycles. The standard InChI is InChI=1S/C7H17NO2S/c1-2-6(8)7(5-10)11-4-3-9/h6-7,9-10H,2-5,8H2,1H3. The Morgan fingerprint density at radius 2 is 2.09 bits per heavy atom. The second-order valence-electron chi connectivity index (χ2n) is 2.39. The zero-order valence-electron chi connectivity index (χ0n) is 6.86. The van der Waals surface area contributed by atoms with Gasteiger partial charge in [0.25, 0.3) is 0 Å². The van der Waals surface area contributed by atoms with Crippen LogP contribution < -0.4 is 5.73 Å². The van der Waals surface area contributed by atoms with E-state index in [1.54, 1.807) is 0 Å². The van der Waals surface area contributed by atoms with Gasteiger partial charge in [-0.3, -0.25) is 0 Å². The molecule has 0 fully saturated rings. The largest absolute Gasteiger partial charge is 0.396 e. The predicted octanol–water partition coefficient (Wildman–Crippen LogP) is -0.190. The molecule has 0 heterocycles. The van der Waals surface area contributed by atoms with Crippen molar-refractivity contribution in [2.45, 2.75) is 24.6 Å². The van der Waals surface area contributed by atoms with Crippen molar-refractivity contribution < 1.29 is 10.2 Å². The summed E-state index contributed by atoms with van der Waals surface area (Å²) in [7, 11) is 0. The summed E-state index contributed by atoms with van der Waals surface area (Å²) in [6.07, 6.45) is 0.865. The smallest absolute Gasteiger partial charge is 0.0565 e. The lowest BCUT2D eigenvalue weighted by atomic mass is 10.2. The molecule has 0 saturated heterocycles. The van der Waals surface area contributed by atoms with Crippen LogP contribution >= 0.6 is 11.8 Å². The van der Waals surface area contributed by atoms with E-state index in [0.717, 1.165) is 6.42 Å². The van der Waals surface area contributed by atoms with Crippen LogP contribution in [0.4, 0.5) is 0 Å². The Morgan fingerprint density at radius 3 is 2.45 bits per heavy atom. The lowest BCUT2D eigenvalue weighted by Gasteiger charge is -2.19. The van der Waals surface area contributed by atoms with E-state index >= 15 is 0 Å². The molecular weight excluding hydrogens is 162 g/mol. The number of hydrogen-bond donors (Lipinski definition) is 3. The van der Waals surface area contributed by atoms with Gasteiger partial charge in [-0.15, -0.1) is 0 Å². The van der Waals surface area contributed by atoms with Gasteiger partial charge in [0.05, 0.1) is 13.2 Å². The lowest BCUT2D eigenvalue weighted by Crippen LogP contribution is -2.34. The molecular formula is C7H17NO2S. The molecule has 0 amide bonds. The Bertz CT molecular complexity index is 92.5. The van der Waals surface area contributed by atoms with Crippen molar-refractivity contribution in [1.29, 1.82) is 0 Å². The third-order valence-electron chi connectivity index (χ3n) is 1.55. The maximum absolute atomic E-state index is 8.87. The average molecular weight is 179 g/mol. The van der Waals surface area contributed by atoms with Crippen molar-refractivity contribution in [1.82, 2.24) is 0 Å². The maximum Gasteiger partial charge on any atom is 0.0565 e. The van der Waals surface area contributed by atoms with E-state index in [4.69, 9.17) is 15.9 Å². The number of aliphatic hydroxyl groups excluding tert-OH is 2. The minimum atomic E-state index is 0.0385. The van der Waals surface area contributed by atoms with E-state index in [1.165, 1.54) is 11.8 Å². The zero-order valence-corrected chi connectivity index (χ0v) is 7.68. The molecule has 4 N–H and O–H groups in total. The van der Waals surface area contributed by atoms with Gasteiger partial charge in [0.2, 0.25) is 0 Å². The molecule has 0 aromatic rings. The van der Waals surface area contributed by atoms with Crippen molar-refractivity contribution in [3.63, 3.8) is 0 Å². The summed E-state index contributed by atoms with van der Waals surface area (Å²) in [5.41, 5.74) is 5.71. The van der Waals surface area contributed by atoms with Gasteiger partial charge in [-0.05, 0) is 6.42 Å². The minimum Gasteiger partial charge on any atom is -0.396 e. The lowest BCUT2D eigenvalue weighted by molar-refractivity contribution is 0.280. The van der Waals surface area contributed by atoms with Gasteiger partial charge in [0, 0.05) is 17.0 Å². The highest BCUT2D eigenvalue weighted by Crippen LogP contribution is 2.14. The molecule has 0 aliphatic rings. The van der Waals surface area contributed by atoms with Crippen molar-refractivity contribution in [3.05, 3.63) is 0 Å². The molecule has 0 bridgehead atoms. The summed E-state index contributed by atoms with van der Waals surface area (Å²) in [6.45, 7) is 2.24.